The second-order valence-corrected chi connectivity index (χ2v) is 6.88. The smallest absolute Gasteiger partial charge is 0.270 e. The molecule has 0 aliphatic rings. The molecule has 2 aromatic rings. The van der Waals surface area contributed by atoms with E-state index < -0.39 is 15.9 Å². The lowest BCUT2D eigenvalue weighted by atomic mass is 10.2. The summed E-state index contributed by atoms with van der Waals surface area (Å²) in [7, 11) is -3.99. The summed E-state index contributed by atoms with van der Waals surface area (Å²) in [6, 6.07) is 13.4. The van der Waals surface area contributed by atoms with E-state index in [-0.39, 0.29) is 22.8 Å². The lowest BCUT2D eigenvalue weighted by molar-refractivity contribution is -0.117. The molecule has 0 saturated carbocycles. The zero-order valence-electron chi connectivity index (χ0n) is 12.8. The van der Waals surface area contributed by atoms with Crippen LogP contribution in [0.2, 0.25) is 0 Å². The van der Waals surface area contributed by atoms with Crippen molar-refractivity contribution in [1.82, 2.24) is 0 Å². The third-order valence-electron chi connectivity index (χ3n) is 3.34. The molecule has 1 amide bonds. The first kappa shape index (κ1) is 17.0. The molecular weight excluding hydrogens is 314 g/mol. The van der Waals surface area contributed by atoms with Gasteiger partial charge in [-0.3, -0.25) is 4.79 Å². The summed E-state index contributed by atoms with van der Waals surface area (Å²) in [5.74, 6) is -0.479. The lowest BCUT2D eigenvalue weighted by Gasteiger charge is -2.22. The summed E-state index contributed by atoms with van der Waals surface area (Å²) >= 11 is 0. The Morgan fingerprint density at radius 2 is 1.65 bits per heavy atom. The minimum absolute atomic E-state index is 0.00631. The van der Waals surface area contributed by atoms with Gasteiger partial charge in [-0.05, 0) is 42.8 Å². The van der Waals surface area contributed by atoms with Gasteiger partial charge in [-0.25, -0.2) is 12.7 Å². The summed E-state index contributed by atoms with van der Waals surface area (Å²) in [6.07, 6.45) is 1.54. The van der Waals surface area contributed by atoms with Crippen molar-refractivity contribution in [3.63, 3.8) is 0 Å². The maximum Gasteiger partial charge on any atom is 0.270 e. The number of hydrogen-bond acceptors (Lipinski definition) is 4. The number of carbonyl (C=O) groups is 1. The highest BCUT2D eigenvalue weighted by Gasteiger charge is 2.30. The number of carbonyl (C=O) groups excluding carboxylic acids is 1. The Labute approximate surface area is 136 Å². The number of amides is 1. The second-order valence-electron chi connectivity index (χ2n) is 5.10. The van der Waals surface area contributed by atoms with Crippen LogP contribution in [0.25, 0.3) is 0 Å². The third kappa shape index (κ3) is 3.90. The number of unbranched alkanes of at least 4 members (excludes halogenated alkanes) is 1. The van der Waals surface area contributed by atoms with Gasteiger partial charge in [0, 0.05) is 6.42 Å². The zero-order chi connectivity index (χ0) is 16.9. The molecular formula is C17H19NO4S. The first-order valence-electron chi connectivity index (χ1n) is 7.39. The first-order chi connectivity index (χ1) is 11.0. The van der Waals surface area contributed by atoms with E-state index in [4.69, 9.17) is 0 Å². The standard InChI is InChI=1S/C17H19NO4S/c1-2-3-9-17(20)18(14-10-12-15(19)13-11-14)23(21,22)16-7-5-4-6-8-16/h4-8,10-13,19H,2-3,9H2,1H3. The fraction of sp³-hybridized carbons (Fsp3) is 0.235. The van der Waals surface area contributed by atoms with Gasteiger partial charge in [0.2, 0.25) is 5.91 Å². The van der Waals surface area contributed by atoms with Crippen molar-refractivity contribution in [2.45, 2.75) is 31.1 Å². The number of phenolic OH excluding ortho intramolecular Hbond substituents is 1. The van der Waals surface area contributed by atoms with E-state index in [2.05, 4.69) is 0 Å². The largest absolute Gasteiger partial charge is 0.508 e. The molecule has 0 radical (unpaired) electrons. The van der Waals surface area contributed by atoms with Crippen molar-refractivity contribution in [2.75, 3.05) is 4.31 Å². The van der Waals surface area contributed by atoms with Crippen LogP contribution in [-0.4, -0.2) is 19.4 Å². The van der Waals surface area contributed by atoms with Crippen molar-refractivity contribution >= 4 is 21.6 Å². The quantitative estimate of drug-likeness (QED) is 0.880. The van der Waals surface area contributed by atoms with Gasteiger partial charge in [0.05, 0.1) is 10.6 Å². The Balaban J connectivity index is 2.49. The summed E-state index contributed by atoms with van der Waals surface area (Å²) in [4.78, 5) is 12.5. The van der Waals surface area contributed by atoms with E-state index >= 15 is 0 Å². The summed E-state index contributed by atoms with van der Waals surface area (Å²) in [5, 5.41) is 9.39. The molecule has 0 aliphatic carbocycles. The summed E-state index contributed by atoms with van der Waals surface area (Å²) in [5.41, 5.74) is 0.216. The molecule has 0 aliphatic heterocycles. The van der Waals surface area contributed by atoms with Crippen LogP contribution in [0.15, 0.2) is 59.5 Å². The normalized spacial score (nSPS) is 11.2. The molecule has 0 aromatic heterocycles. The van der Waals surface area contributed by atoms with E-state index in [1.807, 2.05) is 6.92 Å². The van der Waals surface area contributed by atoms with Gasteiger partial charge in [-0.2, -0.15) is 0 Å². The number of sulfonamides is 1. The Morgan fingerprint density at radius 1 is 1.04 bits per heavy atom. The van der Waals surface area contributed by atoms with Crippen molar-refractivity contribution in [3.8, 4) is 5.75 Å². The number of anilines is 1. The van der Waals surface area contributed by atoms with Crippen molar-refractivity contribution in [1.29, 1.82) is 0 Å². The molecule has 0 bridgehead atoms. The number of aromatic hydroxyl groups is 1. The van der Waals surface area contributed by atoms with E-state index in [0.717, 1.165) is 10.7 Å². The highest BCUT2D eigenvalue weighted by Crippen LogP contribution is 2.26. The molecule has 0 unspecified atom stereocenters. The molecule has 0 saturated heterocycles. The van der Waals surface area contributed by atoms with Gasteiger partial charge >= 0.3 is 0 Å². The van der Waals surface area contributed by atoms with Gasteiger partial charge in [-0.15, -0.1) is 0 Å². The predicted octanol–water partition coefficient (Wildman–Crippen LogP) is 3.30. The molecule has 0 heterocycles. The average Bonchev–Trinajstić information content (AvgIpc) is 2.55. The highest BCUT2D eigenvalue weighted by molar-refractivity contribution is 7.93. The number of phenols is 1. The molecule has 23 heavy (non-hydrogen) atoms. The van der Waals surface area contributed by atoms with E-state index in [1.54, 1.807) is 18.2 Å². The second kappa shape index (κ2) is 7.28. The fourth-order valence-corrected chi connectivity index (χ4v) is 3.60. The van der Waals surface area contributed by atoms with Crippen molar-refractivity contribution in [3.05, 3.63) is 54.6 Å². The Bertz CT molecular complexity index is 755. The van der Waals surface area contributed by atoms with Crippen LogP contribution in [0.3, 0.4) is 0 Å². The van der Waals surface area contributed by atoms with E-state index in [9.17, 15) is 18.3 Å². The van der Waals surface area contributed by atoms with Crippen LogP contribution in [-0.2, 0) is 14.8 Å². The van der Waals surface area contributed by atoms with Crippen LogP contribution in [0.1, 0.15) is 26.2 Å². The van der Waals surface area contributed by atoms with Gasteiger partial charge in [0.25, 0.3) is 10.0 Å². The van der Waals surface area contributed by atoms with E-state index in [1.165, 1.54) is 36.4 Å². The van der Waals surface area contributed by atoms with Crippen molar-refractivity contribution < 1.29 is 18.3 Å². The van der Waals surface area contributed by atoms with Crippen molar-refractivity contribution in [2.24, 2.45) is 0 Å². The molecule has 122 valence electrons. The number of nitrogens with zero attached hydrogens (tertiary/aromatic N) is 1. The van der Waals surface area contributed by atoms with Crippen LogP contribution in [0.5, 0.6) is 5.75 Å². The van der Waals surface area contributed by atoms with Gasteiger partial charge < -0.3 is 5.11 Å². The maximum absolute atomic E-state index is 12.9. The molecule has 1 N–H and O–H groups in total. The average molecular weight is 333 g/mol. The third-order valence-corrected chi connectivity index (χ3v) is 5.10. The fourth-order valence-electron chi connectivity index (χ4n) is 2.13. The molecule has 0 spiro atoms. The minimum atomic E-state index is -3.99. The van der Waals surface area contributed by atoms with Gasteiger partial charge in [0.15, 0.2) is 0 Å². The van der Waals surface area contributed by atoms with Gasteiger partial charge in [0.1, 0.15) is 5.75 Å². The minimum Gasteiger partial charge on any atom is -0.508 e. The molecule has 2 aromatic carbocycles. The topological polar surface area (TPSA) is 74.7 Å². The summed E-state index contributed by atoms with van der Waals surface area (Å²) in [6.45, 7) is 1.93. The Kier molecular flexibility index (Phi) is 5.39. The monoisotopic (exact) mass is 333 g/mol. The SMILES string of the molecule is CCCCC(=O)N(c1ccc(O)cc1)S(=O)(=O)c1ccccc1. The number of rotatable bonds is 6. The first-order valence-corrected chi connectivity index (χ1v) is 8.83. The molecule has 0 atom stereocenters. The Morgan fingerprint density at radius 3 is 2.22 bits per heavy atom. The van der Waals surface area contributed by atoms with Crippen LogP contribution < -0.4 is 4.31 Å². The Hall–Kier alpha value is -2.34. The lowest BCUT2D eigenvalue weighted by Crippen LogP contribution is -2.36. The maximum atomic E-state index is 12.9. The molecule has 0 fully saturated rings. The van der Waals surface area contributed by atoms with Crippen LogP contribution in [0, 0.1) is 0 Å². The van der Waals surface area contributed by atoms with E-state index in [0.29, 0.717) is 6.42 Å². The zero-order valence-corrected chi connectivity index (χ0v) is 13.7. The highest BCUT2D eigenvalue weighted by atomic mass is 32.2. The summed E-state index contributed by atoms with van der Waals surface area (Å²) < 4.78 is 26.5. The van der Waals surface area contributed by atoms with Crippen LogP contribution >= 0.6 is 0 Å². The van der Waals surface area contributed by atoms with Crippen LogP contribution in [0.4, 0.5) is 5.69 Å². The molecule has 2 rings (SSSR count). The predicted molar refractivity (Wildman–Crippen MR) is 88.7 cm³/mol. The van der Waals surface area contributed by atoms with Gasteiger partial charge in [-0.1, -0.05) is 31.5 Å². The number of benzene rings is 2. The number of hydrogen-bond donors (Lipinski definition) is 1. The molecule has 5 nitrogen and oxygen atoms in total. The molecule has 6 heteroatoms.